The highest BCUT2D eigenvalue weighted by Gasteiger charge is 2.29. The SMILES string of the molecule is Cc1ccc(-n2cc(C(=O)N3CC(=O)Nc4ccccc43)nn2)cc1. The van der Waals surface area contributed by atoms with Crippen molar-refractivity contribution in [3.05, 3.63) is 66.0 Å². The number of hydrogen-bond donors (Lipinski definition) is 1. The Morgan fingerprint density at radius 3 is 2.68 bits per heavy atom. The minimum Gasteiger partial charge on any atom is -0.323 e. The van der Waals surface area contributed by atoms with Gasteiger partial charge in [-0.15, -0.1) is 5.10 Å². The molecule has 0 radical (unpaired) electrons. The Kier molecular flexibility index (Phi) is 3.53. The summed E-state index contributed by atoms with van der Waals surface area (Å²) in [5.74, 6) is -0.598. The number of aryl methyl sites for hydroxylation is 1. The Hall–Kier alpha value is -3.48. The van der Waals surface area contributed by atoms with Crippen LogP contribution >= 0.6 is 0 Å². The molecule has 4 rings (SSSR count). The Bertz CT molecular complexity index is 962. The number of carbonyl (C=O) groups excluding carboxylic acids is 2. The largest absolute Gasteiger partial charge is 0.323 e. The van der Waals surface area contributed by atoms with Gasteiger partial charge in [0.05, 0.1) is 23.3 Å². The second kappa shape index (κ2) is 5.86. The van der Waals surface area contributed by atoms with Crippen LogP contribution < -0.4 is 10.2 Å². The summed E-state index contributed by atoms with van der Waals surface area (Å²) >= 11 is 0. The van der Waals surface area contributed by atoms with E-state index in [4.69, 9.17) is 0 Å². The van der Waals surface area contributed by atoms with Crippen molar-refractivity contribution in [1.29, 1.82) is 0 Å². The standard InChI is InChI=1S/C18H15N5O2/c1-12-6-8-13(9-7-12)23-10-15(20-21-23)18(25)22-11-17(24)19-14-4-2-3-5-16(14)22/h2-10H,11H2,1H3,(H,19,24). The maximum absolute atomic E-state index is 12.8. The van der Waals surface area contributed by atoms with Crippen LogP contribution in [0.15, 0.2) is 54.7 Å². The molecule has 25 heavy (non-hydrogen) atoms. The number of aromatic nitrogens is 3. The zero-order valence-corrected chi connectivity index (χ0v) is 13.5. The Morgan fingerprint density at radius 1 is 1.12 bits per heavy atom. The smallest absolute Gasteiger partial charge is 0.281 e. The van der Waals surface area contributed by atoms with Gasteiger partial charge in [0.15, 0.2) is 5.69 Å². The molecule has 0 saturated heterocycles. The zero-order valence-electron chi connectivity index (χ0n) is 13.5. The van der Waals surface area contributed by atoms with Crippen molar-refractivity contribution in [2.24, 2.45) is 0 Å². The summed E-state index contributed by atoms with van der Waals surface area (Å²) in [6.07, 6.45) is 1.57. The number of rotatable bonds is 2. The fraction of sp³-hybridized carbons (Fsp3) is 0.111. The predicted octanol–water partition coefficient (Wildman–Crippen LogP) is 2.17. The zero-order chi connectivity index (χ0) is 17.4. The third-order valence-electron chi connectivity index (χ3n) is 4.03. The number of anilines is 2. The van der Waals surface area contributed by atoms with E-state index in [0.717, 1.165) is 11.3 Å². The number of nitrogens with zero attached hydrogens (tertiary/aromatic N) is 4. The lowest BCUT2D eigenvalue weighted by Gasteiger charge is -2.28. The number of nitrogens with one attached hydrogen (secondary N) is 1. The summed E-state index contributed by atoms with van der Waals surface area (Å²) in [5, 5.41) is 10.8. The van der Waals surface area contributed by atoms with E-state index in [1.54, 1.807) is 29.1 Å². The average Bonchev–Trinajstić information content (AvgIpc) is 3.11. The molecule has 0 unspecified atom stereocenters. The molecular formula is C18H15N5O2. The normalized spacial score (nSPS) is 13.3. The monoisotopic (exact) mass is 333 g/mol. The Morgan fingerprint density at radius 2 is 1.88 bits per heavy atom. The molecule has 0 fully saturated rings. The molecule has 1 aliphatic rings. The predicted molar refractivity (Wildman–Crippen MR) is 92.8 cm³/mol. The first-order valence-electron chi connectivity index (χ1n) is 7.82. The van der Waals surface area contributed by atoms with Crippen LogP contribution in [-0.4, -0.2) is 33.4 Å². The van der Waals surface area contributed by atoms with E-state index < -0.39 is 0 Å². The Balaban J connectivity index is 1.66. The number of para-hydroxylation sites is 2. The maximum atomic E-state index is 12.8. The molecule has 0 spiro atoms. The molecular weight excluding hydrogens is 318 g/mol. The third-order valence-corrected chi connectivity index (χ3v) is 4.03. The number of hydrogen-bond acceptors (Lipinski definition) is 4. The number of amides is 2. The first-order chi connectivity index (χ1) is 12.1. The van der Waals surface area contributed by atoms with Crippen LogP contribution in [0.25, 0.3) is 5.69 Å². The van der Waals surface area contributed by atoms with E-state index in [1.165, 1.54) is 4.90 Å². The van der Waals surface area contributed by atoms with Crippen molar-refractivity contribution in [2.45, 2.75) is 6.92 Å². The quantitative estimate of drug-likeness (QED) is 0.779. The molecule has 1 aliphatic heterocycles. The molecule has 0 bridgehead atoms. The van der Waals surface area contributed by atoms with Crippen molar-refractivity contribution in [3.8, 4) is 5.69 Å². The van der Waals surface area contributed by atoms with Gasteiger partial charge in [-0.25, -0.2) is 4.68 Å². The van der Waals surface area contributed by atoms with Crippen LogP contribution in [0, 0.1) is 6.92 Å². The fourth-order valence-corrected chi connectivity index (χ4v) is 2.74. The Labute approximate surface area is 143 Å². The van der Waals surface area contributed by atoms with Crippen LogP contribution in [0.3, 0.4) is 0 Å². The van der Waals surface area contributed by atoms with Crippen LogP contribution in [0.4, 0.5) is 11.4 Å². The molecule has 2 aromatic carbocycles. The van der Waals surface area contributed by atoms with Gasteiger partial charge >= 0.3 is 0 Å². The minimum absolute atomic E-state index is 0.0484. The second-order valence-electron chi connectivity index (χ2n) is 5.84. The molecule has 1 aromatic heterocycles. The molecule has 3 aromatic rings. The van der Waals surface area contributed by atoms with Gasteiger partial charge in [0.1, 0.15) is 6.54 Å². The molecule has 7 nitrogen and oxygen atoms in total. The molecule has 0 aliphatic carbocycles. The van der Waals surface area contributed by atoms with Gasteiger partial charge < -0.3 is 5.32 Å². The molecule has 0 atom stereocenters. The fourth-order valence-electron chi connectivity index (χ4n) is 2.74. The van der Waals surface area contributed by atoms with Crippen LogP contribution in [0.5, 0.6) is 0 Å². The number of fused-ring (bicyclic) bond motifs is 1. The van der Waals surface area contributed by atoms with Crippen molar-refractivity contribution in [1.82, 2.24) is 15.0 Å². The average molecular weight is 333 g/mol. The molecule has 0 saturated carbocycles. The first-order valence-corrected chi connectivity index (χ1v) is 7.82. The lowest BCUT2D eigenvalue weighted by atomic mass is 10.2. The van der Waals surface area contributed by atoms with Gasteiger partial charge in [0.25, 0.3) is 5.91 Å². The molecule has 2 heterocycles. The summed E-state index contributed by atoms with van der Waals surface area (Å²) < 4.78 is 1.54. The maximum Gasteiger partial charge on any atom is 0.281 e. The van der Waals surface area contributed by atoms with E-state index in [1.807, 2.05) is 37.3 Å². The summed E-state index contributed by atoms with van der Waals surface area (Å²) in [6.45, 7) is 1.95. The summed E-state index contributed by atoms with van der Waals surface area (Å²) in [5.41, 5.74) is 3.39. The van der Waals surface area contributed by atoms with Crippen molar-refractivity contribution in [3.63, 3.8) is 0 Å². The molecule has 2 amide bonds. The van der Waals surface area contributed by atoms with E-state index in [2.05, 4.69) is 15.6 Å². The summed E-state index contributed by atoms with van der Waals surface area (Å²) in [4.78, 5) is 26.1. The summed E-state index contributed by atoms with van der Waals surface area (Å²) in [7, 11) is 0. The van der Waals surface area contributed by atoms with Gasteiger partial charge in [0.2, 0.25) is 5.91 Å². The van der Waals surface area contributed by atoms with Crippen LogP contribution in [-0.2, 0) is 4.79 Å². The van der Waals surface area contributed by atoms with E-state index >= 15 is 0 Å². The number of carbonyl (C=O) groups is 2. The van der Waals surface area contributed by atoms with E-state index in [0.29, 0.717) is 11.4 Å². The third kappa shape index (κ3) is 2.76. The molecule has 124 valence electrons. The summed E-state index contributed by atoms with van der Waals surface area (Å²) in [6, 6.07) is 14.9. The highest BCUT2D eigenvalue weighted by Crippen LogP contribution is 2.29. The van der Waals surface area contributed by atoms with Crippen molar-refractivity contribution in [2.75, 3.05) is 16.8 Å². The van der Waals surface area contributed by atoms with Gasteiger partial charge in [-0.2, -0.15) is 0 Å². The van der Waals surface area contributed by atoms with E-state index in [9.17, 15) is 9.59 Å². The second-order valence-corrected chi connectivity index (χ2v) is 5.84. The number of benzene rings is 2. The lowest BCUT2D eigenvalue weighted by molar-refractivity contribution is -0.115. The van der Waals surface area contributed by atoms with Crippen LogP contribution in [0.2, 0.25) is 0 Å². The minimum atomic E-state index is -0.360. The highest BCUT2D eigenvalue weighted by molar-refractivity contribution is 6.14. The van der Waals surface area contributed by atoms with Gasteiger partial charge in [0, 0.05) is 0 Å². The topological polar surface area (TPSA) is 80.1 Å². The van der Waals surface area contributed by atoms with E-state index in [-0.39, 0.29) is 24.1 Å². The molecule has 1 N–H and O–H groups in total. The lowest BCUT2D eigenvalue weighted by Crippen LogP contribution is -2.42. The van der Waals surface area contributed by atoms with Gasteiger partial charge in [-0.1, -0.05) is 35.0 Å². The highest BCUT2D eigenvalue weighted by atomic mass is 16.2. The van der Waals surface area contributed by atoms with Crippen LogP contribution in [0.1, 0.15) is 16.1 Å². The molecule has 7 heteroatoms. The van der Waals surface area contributed by atoms with Crippen molar-refractivity contribution < 1.29 is 9.59 Å². The van der Waals surface area contributed by atoms with Gasteiger partial charge in [-0.05, 0) is 31.2 Å². The first kappa shape index (κ1) is 15.1. The van der Waals surface area contributed by atoms with Gasteiger partial charge in [-0.3, -0.25) is 14.5 Å². The van der Waals surface area contributed by atoms with Crippen molar-refractivity contribution >= 4 is 23.2 Å².